The highest BCUT2D eigenvalue weighted by Gasteiger charge is 2.23. The summed E-state index contributed by atoms with van der Waals surface area (Å²) < 4.78 is 5.45. The Morgan fingerprint density at radius 1 is 1.29 bits per heavy atom. The molecule has 1 saturated carbocycles. The van der Waals surface area contributed by atoms with Crippen LogP contribution in [0.15, 0.2) is 18.2 Å². The molecule has 3 nitrogen and oxygen atoms in total. The molecular weight excluding hydrogens is 214 g/mol. The van der Waals surface area contributed by atoms with Crippen LogP contribution in [-0.2, 0) is 11.2 Å². The first-order valence-corrected chi connectivity index (χ1v) is 6.39. The van der Waals surface area contributed by atoms with E-state index in [-0.39, 0.29) is 11.8 Å². The standard InChI is InChI=1S/C14H17NO2/c16-14(10-3-1-2-4-10)15-12-5-6-13-11(9-12)7-8-17-13/h5-6,9-10H,1-4,7-8H2,(H,15,16). The molecule has 0 atom stereocenters. The fraction of sp³-hybridized carbons (Fsp3) is 0.500. The molecule has 3 heteroatoms. The van der Waals surface area contributed by atoms with E-state index in [4.69, 9.17) is 4.74 Å². The number of fused-ring (bicyclic) bond motifs is 1. The number of nitrogens with one attached hydrogen (secondary N) is 1. The van der Waals surface area contributed by atoms with Crippen molar-refractivity contribution in [3.05, 3.63) is 23.8 Å². The van der Waals surface area contributed by atoms with Gasteiger partial charge < -0.3 is 10.1 Å². The Morgan fingerprint density at radius 2 is 2.12 bits per heavy atom. The minimum Gasteiger partial charge on any atom is -0.493 e. The minimum absolute atomic E-state index is 0.182. The van der Waals surface area contributed by atoms with Gasteiger partial charge in [0, 0.05) is 18.0 Å². The first-order chi connectivity index (χ1) is 8.33. The summed E-state index contributed by atoms with van der Waals surface area (Å²) >= 11 is 0. The Kier molecular flexibility index (Phi) is 2.75. The van der Waals surface area contributed by atoms with Crippen LogP contribution in [0.1, 0.15) is 31.2 Å². The number of benzene rings is 1. The molecule has 1 heterocycles. The number of rotatable bonds is 2. The minimum atomic E-state index is 0.182. The van der Waals surface area contributed by atoms with Crippen molar-refractivity contribution in [2.75, 3.05) is 11.9 Å². The summed E-state index contributed by atoms with van der Waals surface area (Å²) in [6.45, 7) is 0.759. The summed E-state index contributed by atoms with van der Waals surface area (Å²) in [7, 11) is 0. The number of hydrogen-bond donors (Lipinski definition) is 1. The van der Waals surface area contributed by atoms with Gasteiger partial charge in [-0.2, -0.15) is 0 Å². The average Bonchev–Trinajstić information content (AvgIpc) is 2.99. The van der Waals surface area contributed by atoms with Gasteiger partial charge in [0.15, 0.2) is 0 Å². The van der Waals surface area contributed by atoms with Crippen LogP contribution in [0.25, 0.3) is 0 Å². The van der Waals surface area contributed by atoms with Crippen LogP contribution in [0.3, 0.4) is 0 Å². The van der Waals surface area contributed by atoms with E-state index in [1.807, 2.05) is 18.2 Å². The van der Waals surface area contributed by atoms with Gasteiger partial charge >= 0.3 is 0 Å². The topological polar surface area (TPSA) is 38.3 Å². The molecule has 0 radical (unpaired) electrons. The van der Waals surface area contributed by atoms with Gasteiger partial charge in [-0.1, -0.05) is 12.8 Å². The summed E-state index contributed by atoms with van der Waals surface area (Å²) in [6, 6.07) is 5.92. The van der Waals surface area contributed by atoms with Crippen molar-refractivity contribution < 1.29 is 9.53 Å². The molecule has 0 saturated heterocycles. The van der Waals surface area contributed by atoms with Gasteiger partial charge in [0.25, 0.3) is 0 Å². The normalized spacial score (nSPS) is 18.8. The largest absolute Gasteiger partial charge is 0.493 e. The van der Waals surface area contributed by atoms with E-state index in [0.717, 1.165) is 37.3 Å². The van der Waals surface area contributed by atoms with E-state index >= 15 is 0 Å². The summed E-state index contributed by atoms with van der Waals surface area (Å²) in [5.41, 5.74) is 2.11. The number of hydrogen-bond acceptors (Lipinski definition) is 2. The number of amides is 1. The summed E-state index contributed by atoms with van der Waals surface area (Å²) in [5.74, 6) is 1.37. The fourth-order valence-electron chi connectivity index (χ4n) is 2.70. The fourth-order valence-corrected chi connectivity index (χ4v) is 2.70. The van der Waals surface area contributed by atoms with Crippen LogP contribution >= 0.6 is 0 Å². The Hall–Kier alpha value is -1.51. The third-order valence-corrected chi connectivity index (χ3v) is 3.68. The van der Waals surface area contributed by atoms with E-state index in [0.29, 0.717) is 0 Å². The second kappa shape index (κ2) is 4.40. The van der Waals surface area contributed by atoms with Gasteiger partial charge in [0.05, 0.1) is 6.61 Å². The van der Waals surface area contributed by atoms with Crippen LogP contribution in [0.5, 0.6) is 5.75 Å². The predicted octanol–water partition coefficient (Wildman–Crippen LogP) is 2.75. The zero-order valence-corrected chi connectivity index (χ0v) is 9.87. The van der Waals surface area contributed by atoms with Crippen LogP contribution < -0.4 is 10.1 Å². The van der Waals surface area contributed by atoms with Crippen molar-refractivity contribution in [3.8, 4) is 5.75 Å². The molecule has 0 spiro atoms. The highest BCUT2D eigenvalue weighted by Crippen LogP contribution is 2.29. The molecule has 2 aliphatic rings. The average molecular weight is 231 g/mol. The number of carbonyl (C=O) groups is 1. The first-order valence-electron chi connectivity index (χ1n) is 6.39. The Balaban J connectivity index is 1.70. The Labute approximate surface area is 101 Å². The lowest BCUT2D eigenvalue weighted by atomic mass is 10.1. The molecule has 1 fully saturated rings. The second-order valence-corrected chi connectivity index (χ2v) is 4.89. The molecule has 1 amide bonds. The van der Waals surface area contributed by atoms with Gasteiger partial charge in [0.2, 0.25) is 5.91 Å². The van der Waals surface area contributed by atoms with Crippen molar-refractivity contribution in [2.24, 2.45) is 5.92 Å². The van der Waals surface area contributed by atoms with E-state index in [1.54, 1.807) is 0 Å². The first kappa shape index (κ1) is 10.6. The third kappa shape index (κ3) is 2.14. The lowest BCUT2D eigenvalue weighted by Crippen LogP contribution is -2.20. The lowest BCUT2D eigenvalue weighted by molar-refractivity contribution is -0.119. The van der Waals surface area contributed by atoms with E-state index in [9.17, 15) is 4.79 Å². The number of ether oxygens (including phenoxy) is 1. The number of anilines is 1. The van der Waals surface area contributed by atoms with Crippen LogP contribution in [0.4, 0.5) is 5.69 Å². The highest BCUT2D eigenvalue weighted by molar-refractivity contribution is 5.92. The van der Waals surface area contributed by atoms with Crippen molar-refractivity contribution in [1.29, 1.82) is 0 Å². The van der Waals surface area contributed by atoms with E-state index < -0.39 is 0 Å². The third-order valence-electron chi connectivity index (χ3n) is 3.68. The quantitative estimate of drug-likeness (QED) is 0.850. The maximum absolute atomic E-state index is 12.0. The molecule has 1 aliphatic heterocycles. The molecule has 0 unspecified atom stereocenters. The smallest absolute Gasteiger partial charge is 0.227 e. The SMILES string of the molecule is O=C(Nc1ccc2c(c1)CCO2)C1CCCC1. The summed E-state index contributed by atoms with van der Waals surface area (Å²) in [5, 5.41) is 3.02. The van der Waals surface area contributed by atoms with Gasteiger partial charge in [-0.05, 0) is 36.6 Å². The number of carbonyl (C=O) groups excluding carboxylic acids is 1. The molecule has 1 aromatic rings. The maximum Gasteiger partial charge on any atom is 0.227 e. The van der Waals surface area contributed by atoms with Crippen LogP contribution in [-0.4, -0.2) is 12.5 Å². The zero-order valence-electron chi connectivity index (χ0n) is 9.87. The van der Waals surface area contributed by atoms with Crippen LogP contribution in [0, 0.1) is 5.92 Å². The van der Waals surface area contributed by atoms with Gasteiger partial charge in [-0.25, -0.2) is 0 Å². The van der Waals surface area contributed by atoms with Gasteiger partial charge in [0.1, 0.15) is 5.75 Å². The molecule has 1 aromatic carbocycles. The van der Waals surface area contributed by atoms with Crippen molar-refractivity contribution >= 4 is 11.6 Å². The molecule has 1 N–H and O–H groups in total. The molecule has 0 bridgehead atoms. The maximum atomic E-state index is 12.0. The summed E-state index contributed by atoms with van der Waals surface area (Å²) in [4.78, 5) is 12.0. The monoisotopic (exact) mass is 231 g/mol. The molecular formula is C14H17NO2. The van der Waals surface area contributed by atoms with Crippen molar-refractivity contribution in [2.45, 2.75) is 32.1 Å². The van der Waals surface area contributed by atoms with Gasteiger partial charge in [-0.3, -0.25) is 4.79 Å². The molecule has 90 valence electrons. The van der Waals surface area contributed by atoms with Crippen LogP contribution in [0.2, 0.25) is 0 Å². The Bertz CT molecular complexity index is 436. The molecule has 3 rings (SSSR count). The van der Waals surface area contributed by atoms with E-state index in [1.165, 1.54) is 18.4 Å². The molecule has 17 heavy (non-hydrogen) atoms. The molecule has 0 aromatic heterocycles. The van der Waals surface area contributed by atoms with Gasteiger partial charge in [-0.15, -0.1) is 0 Å². The molecule has 1 aliphatic carbocycles. The van der Waals surface area contributed by atoms with E-state index in [2.05, 4.69) is 5.32 Å². The Morgan fingerprint density at radius 3 is 2.94 bits per heavy atom. The summed E-state index contributed by atoms with van der Waals surface area (Å²) in [6.07, 6.45) is 5.41. The van der Waals surface area contributed by atoms with Crippen molar-refractivity contribution in [1.82, 2.24) is 0 Å². The predicted molar refractivity (Wildman–Crippen MR) is 66.2 cm³/mol. The lowest BCUT2D eigenvalue weighted by Gasteiger charge is -2.11. The highest BCUT2D eigenvalue weighted by atomic mass is 16.5. The second-order valence-electron chi connectivity index (χ2n) is 4.89. The zero-order chi connectivity index (χ0) is 11.7. The van der Waals surface area contributed by atoms with Crippen molar-refractivity contribution in [3.63, 3.8) is 0 Å².